The third-order valence-corrected chi connectivity index (χ3v) is 18.3. The van der Waals surface area contributed by atoms with Crippen LogP contribution in [-0.2, 0) is 32.2 Å². The molecule has 9 heteroatoms. The van der Waals surface area contributed by atoms with E-state index in [4.69, 9.17) is 9.47 Å². The van der Waals surface area contributed by atoms with Gasteiger partial charge in [0.25, 0.3) is 0 Å². The molecule has 0 radical (unpaired) electrons. The van der Waals surface area contributed by atoms with Gasteiger partial charge < -0.3 is 36.3 Å². The molecule has 0 aromatic carbocycles. The number of hydrogen-bond acceptors (Lipinski definition) is 6. The number of anilines is 2. The molecule has 0 aliphatic heterocycles. The number of aromatic nitrogens is 2. The molecule has 0 amide bonds. The molecule has 61 heavy (non-hydrogen) atoms. The van der Waals surface area contributed by atoms with Crippen LogP contribution in [0.4, 0.5) is 11.4 Å². The summed E-state index contributed by atoms with van der Waals surface area (Å²) in [6.07, 6.45) is 22.5. The van der Waals surface area contributed by atoms with Crippen molar-refractivity contribution in [2.45, 2.75) is 151 Å². The first-order valence-corrected chi connectivity index (χ1v) is 23.7. The number of esters is 2. The van der Waals surface area contributed by atoms with Crippen LogP contribution in [0, 0.1) is 56.7 Å². The van der Waals surface area contributed by atoms with E-state index in [1.54, 1.807) is 0 Å². The second-order valence-corrected chi connectivity index (χ2v) is 22.1. The maximum Gasteiger partial charge on any atom is 0.306 e. The van der Waals surface area contributed by atoms with Gasteiger partial charge in [0.05, 0.1) is 19.4 Å². The van der Waals surface area contributed by atoms with Crippen molar-refractivity contribution in [3.63, 3.8) is 0 Å². The van der Waals surface area contributed by atoms with Crippen LogP contribution >= 0.6 is 0 Å². The van der Waals surface area contributed by atoms with Gasteiger partial charge in [-0.05, 0) is 117 Å². The topological polar surface area (TPSA) is 66.8 Å². The van der Waals surface area contributed by atoms with Crippen LogP contribution in [0.2, 0.25) is 0 Å². The smallest absolute Gasteiger partial charge is 0.306 e. The van der Waals surface area contributed by atoms with E-state index in [-0.39, 0.29) is 62.1 Å². The van der Waals surface area contributed by atoms with Crippen molar-refractivity contribution in [1.82, 2.24) is 0 Å². The molecule has 0 saturated heterocycles. The number of pyridine rings is 2. The van der Waals surface area contributed by atoms with Gasteiger partial charge in [0.15, 0.2) is 24.8 Å². The van der Waals surface area contributed by atoms with Crippen molar-refractivity contribution in [1.29, 1.82) is 0 Å². The average Bonchev–Trinajstić information content (AvgIpc) is 3.59. The molecule has 2 aromatic rings. The first kappa shape index (κ1) is 47.5. The number of carbonyl (C=O) groups excluding carboxylic acids is 2. The third-order valence-electron chi connectivity index (χ3n) is 18.3. The van der Waals surface area contributed by atoms with Gasteiger partial charge in [-0.2, -0.15) is 0 Å². The van der Waals surface area contributed by atoms with Crippen LogP contribution in [-0.4, -0.2) is 52.8 Å². The maximum absolute atomic E-state index is 13.4. The molecule has 7 rings (SSSR count). The lowest BCUT2D eigenvalue weighted by molar-refractivity contribution is -0.697. The maximum atomic E-state index is 13.4. The summed E-state index contributed by atoms with van der Waals surface area (Å²) in [5.74, 6) is 2.69. The predicted molar refractivity (Wildman–Crippen MR) is 240 cm³/mol. The molecular formula is C52H80BrN4O4+. The Hall–Kier alpha value is -2.94. The molecule has 2 aromatic heterocycles. The summed E-state index contributed by atoms with van der Waals surface area (Å²) in [4.78, 5) is 30.9. The van der Waals surface area contributed by atoms with Crippen LogP contribution in [0.15, 0.2) is 61.2 Å². The lowest BCUT2D eigenvalue weighted by Crippen LogP contribution is -3.00. The van der Waals surface area contributed by atoms with Gasteiger partial charge in [-0.1, -0.05) is 46.8 Å². The minimum Gasteiger partial charge on any atom is -1.00 e. The lowest BCUT2D eigenvalue weighted by Gasteiger charge is -2.73. The number of nitrogens with zero attached hydrogens (tertiary/aromatic N) is 4. The van der Waals surface area contributed by atoms with Crippen molar-refractivity contribution < 1.29 is 45.2 Å². The van der Waals surface area contributed by atoms with Crippen LogP contribution in [0.25, 0.3) is 0 Å². The number of hydrogen-bond donors (Lipinski definition) is 0. The predicted octanol–water partition coefficient (Wildman–Crippen LogP) is 6.77. The van der Waals surface area contributed by atoms with Gasteiger partial charge in [-0.25, -0.2) is 9.13 Å². The van der Waals surface area contributed by atoms with Crippen molar-refractivity contribution in [2.24, 2.45) is 56.7 Å². The van der Waals surface area contributed by atoms with Crippen LogP contribution < -0.4 is 35.9 Å². The molecular weight excluding hydrogens is 824 g/mol. The molecule has 0 bridgehead atoms. The summed E-state index contributed by atoms with van der Waals surface area (Å²) in [6, 6.07) is 8.47. The van der Waals surface area contributed by atoms with Crippen molar-refractivity contribution in [3.8, 4) is 0 Å². The first-order valence-electron chi connectivity index (χ1n) is 23.7. The van der Waals surface area contributed by atoms with Gasteiger partial charge in [0.2, 0.25) is 0 Å². The average molecular weight is 905 g/mol. The van der Waals surface area contributed by atoms with Gasteiger partial charge in [0.1, 0.15) is 19.2 Å². The van der Waals surface area contributed by atoms with Gasteiger partial charge >= 0.3 is 11.9 Å². The Balaban J connectivity index is 0.00000622. The monoisotopic (exact) mass is 904 g/mol. The zero-order valence-electron chi connectivity index (χ0n) is 39.6. The minimum absolute atomic E-state index is 0. The van der Waals surface area contributed by atoms with E-state index in [1.807, 2.05) is 0 Å². The highest BCUT2D eigenvalue weighted by Crippen LogP contribution is 2.77. The number of fused-ring (bicyclic) bond motifs is 7. The Morgan fingerprint density at radius 1 is 0.705 bits per heavy atom. The number of ether oxygens (including phenoxy) is 2. The molecule has 2 heterocycles. The number of halogens is 1. The summed E-state index contributed by atoms with van der Waals surface area (Å²) < 4.78 is 17.1. The molecule has 5 saturated carbocycles. The normalized spacial score (nSPS) is 34.7. The van der Waals surface area contributed by atoms with E-state index in [0.29, 0.717) is 49.0 Å². The van der Waals surface area contributed by atoms with E-state index in [1.165, 1.54) is 55.5 Å². The summed E-state index contributed by atoms with van der Waals surface area (Å²) in [6.45, 7) is 21.9. The van der Waals surface area contributed by atoms with E-state index in [2.05, 4.69) is 144 Å². The lowest BCUT2D eigenvalue weighted by atomic mass is 9.32. The van der Waals surface area contributed by atoms with E-state index >= 15 is 0 Å². The van der Waals surface area contributed by atoms with Gasteiger partial charge in [-0.3, -0.25) is 9.59 Å². The van der Waals surface area contributed by atoms with E-state index < -0.39 is 0 Å². The fourth-order valence-electron chi connectivity index (χ4n) is 14.8. The Morgan fingerprint density at radius 3 is 1.84 bits per heavy atom. The number of carbonyl (C=O) groups is 2. The second-order valence-electron chi connectivity index (χ2n) is 22.1. The molecule has 5 aliphatic carbocycles. The van der Waals surface area contributed by atoms with Crippen LogP contribution in [0.3, 0.4) is 0 Å². The highest BCUT2D eigenvalue weighted by atomic mass is 79.9. The molecule has 0 N–H and O–H groups in total. The summed E-state index contributed by atoms with van der Waals surface area (Å²) >= 11 is 0. The Kier molecular flexibility index (Phi) is 14.2. The molecule has 338 valence electrons. The summed E-state index contributed by atoms with van der Waals surface area (Å²) in [7, 11) is 8.20. The quantitative estimate of drug-likeness (QED) is 0.119. The van der Waals surface area contributed by atoms with Crippen molar-refractivity contribution >= 4 is 23.3 Å². The highest BCUT2D eigenvalue weighted by Gasteiger charge is 2.71. The molecule has 5 aliphatic rings. The Bertz CT molecular complexity index is 1860. The third kappa shape index (κ3) is 8.82. The van der Waals surface area contributed by atoms with Gasteiger partial charge in [0, 0.05) is 87.5 Å². The standard InChI is InChI=1S/C52H80N4O4.BrH/c1-37(2)40-18-27-52(36-59-45(57)14-12-30-55-32-21-38(22-33-55)53(8)9)29-28-50(6)41(47(40)52)16-17-43-49(5)25-20-44(48(3,4)42(49)19-26-51(43,50)7)60-46(58)15-13-31-56-34-23-39(24-35-56)54(10)11;/h21-24,32-35,40-44,47H,1,12-20,25-31,36H2,2-11H3;1H/q+2;/p-1/t40-,41?,42?,43?,44-,47?,49-,50+,51+,52+;/m0./s1. The summed E-state index contributed by atoms with van der Waals surface area (Å²) in [5.41, 5.74) is 4.31. The highest BCUT2D eigenvalue weighted by molar-refractivity contribution is 5.69. The van der Waals surface area contributed by atoms with Gasteiger partial charge in [-0.15, -0.1) is 0 Å². The van der Waals surface area contributed by atoms with Crippen molar-refractivity contribution in [2.75, 3.05) is 44.6 Å². The fraction of sp³-hybridized carbons (Fsp3) is 0.731. The molecule has 4 unspecified atom stereocenters. The Morgan fingerprint density at radius 2 is 1.28 bits per heavy atom. The van der Waals surface area contributed by atoms with Crippen molar-refractivity contribution in [3.05, 3.63) is 61.2 Å². The number of aryl methyl sites for hydroxylation is 2. The number of allylic oxidation sites excluding steroid dienone is 1. The number of rotatable bonds is 14. The fourth-order valence-corrected chi connectivity index (χ4v) is 14.8. The zero-order valence-corrected chi connectivity index (χ0v) is 41.2. The van der Waals surface area contributed by atoms with E-state index in [9.17, 15) is 9.59 Å². The minimum atomic E-state index is -0.0734. The molecule has 8 nitrogen and oxygen atoms in total. The SMILES string of the molecule is C=C(C)[C@@H]1CC[C@]2(COC(=O)CCC[n+]3ccc(N(C)C)cc3)CC[C@]3(C)C(CCC4[C@@]5(C)CC[C@H](OC(=O)CCC[n+]6ccc(N(C)C)cc6)C(C)(C)C5CC[C@]43C)C12.[Br-]. The first-order chi connectivity index (χ1) is 28.3. The van der Waals surface area contributed by atoms with Crippen LogP contribution in [0.5, 0.6) is 0 Å². The Labute approximate surface area is 380 Å². The molecule has 0 spiro atoms. The molecule has 10 atom stereocenters. The zero-order chi connectivity index (χ0) is 43.3. The van der Waals surface area contributed by atoms with E-state index in [0.717, 1.165) is 51.6 Å². The second kappa shape index (κ2) is 18.3. The van der Waals surface area contributed by atoms with Crippen LogP contribution in [0.1, 0.15) is 131 Å². The molecule has 5 fully saturated rings. The summed E-state index contributed by atoms with van der Waals surface area (Å²) in [5, 5.41) is 0. The largest absolute Gasteiger partial charge is 1.00 e.